The number of rotatable bonds is 6. The Morgan fingerprint density at radius 3 is 2.52 bits per heavy atom. The molecule has 6 nitrogen and oxygen atoms in total. The standard InChI is InChI=1S/C21H17Cl2N5O/c22-18-7-5-15(6-8-18)12-28-14-19(23)20(26-28)25-21(29)17-4-1-3-16(11-17)13-27-10-2-9-24-27/h1-11,14H,12-13H2,(H,25,26,29). The quantitative estimate of drug-likeness (QED) is 0.485. The third-order valence-corrected chi connectivity index (χ3v) is 4.83. The molecule has 0 aliphatic rings. The molecular formula is C21H17Cl2N5O. The van der Waals surface area contributed by atoms with E-state index in [9.17, 15) is 4.79 Å². The Morgan fingerprint density at radius 2 is 1.76 bits per heavy atom. The van der Waals surface area contributed by atoms with Gasteiger partial charge in [0, 0.05) is 29.2 Å². The van der Waals surface area contributed by atoms with Gasteiger partial charge in [-0.1, -0.05) is 47.5 Å². The van der Waals surface area contributed by atoms with Gasteiger partial charge >= 0.3 is 0 Å². The minimum Gasteiger partial charge on any atom is -0.304 e. The second kappa shape index (κ2) is 8.51. The van der Waals surface area contributed by atoms with Crippen molar-refractivity contribution in [2.24, 2.45) is 0 Å². The zero-order chi connectivity index (χ0) is 20.2. The van der Waals surface area contributed by atoms with Crippen LogP contribution in [0.3, 0.4) is 0 Å². The highest BCUT2D eigenvalue weighted by Crippen LogP contribution is 2.21. The lowest BCUT2D eigenvalue weighted by Crippen LogP contribution is -2.14. The van der Waals surface area contributed by atoms with Crippen LogP contribution in [-0.4, -0.2) is 25.5 Å². The molecule has 0 unspecified atom stereocenters. The second-order valence-corrected chi connectivity index (χ2v) is 7.35. The number of anilines is 1. The molecule has 0 saturated carbocycles. The van der Waals surface area contributed by atoms with E-state index in [2.05, 4.69) is 15.5 Å². The summed E-state index contributed by atoms with van der Waals surface area (Å²) in [6.45, 7) is 1.11. The Labute approximate surface area is 177 Å². The van der Waals surface area contributed by atoms with Crippen LogP contribution in [0.1, 0.15) is 21.5 Å². The van der Waals surface area contributed by atoms with Crippen LogP contribution in [0.2, 0.25) is 10.0 Å². The van der Waals surface area contributed by atoms with Crippen LogP contribution < -0.4 is 5.32 Å². The van der Waals surface area contributed by atoms with Gasteiger partial charge in [-0.25, -0.2) is 0 Å². The number of amides is 1. The Bertz CT molecular complexity index is 1120. The smallest absolute Gasteiger partial charge is 0.256 e. The van der Waals surface area contributed by atoms with E-state index in [-0.39, 0.29) is 5.91 Å². The first kappa shape index (κ1) is 19.2. The molecule has 2 aromatic heterocycles. The molecule has 29 heavy (non-hydrogen) atoms. The normalized spacial score (nSPS) is 10.8. The topological polar surface area (TPSA) is 64.7 Å². The van der Waals surface area contributed by atoms with E-state index in [1.165, 1.54) is 0 Å². The number of aromatic nitrogens is 4. The average molecular weight is 426 g/mol. The molecule has 8 heteroatoms. The molecule has 0 radical (unpaired) electrons. The number of hydrogen-bond donors (Lipinski definition) is 1. The van der Waals surface area contributed by atoms with Crippen molar-refractivity contribution in [2.75, 3.05) is 5.32 Å². The Morgan fingerprint density at radius 1 is 0.966 bits per heavy atom. The molecular weight excluding hydrogens is 409 g/mol. The molecule has 1 N–H and O–H groups in total. The van der Waals surface area contributed by atoms with Crippen molar-refractivity contribution in [3.63, 3.8) is 0 Å². The summed E-state index contributed by atoms with van der Waals surface area (Å²) >= 11 is 12.2. The zero-order valence-corrected chi connectivity index (χ0v) is 16.8. The fourth-order valence-corrected chi connectivity index (χ4v) is 3.23. The summed E-state index contributed by atoms with van der Waals surface area (Å²) in [5.41, 5.74) is 2.52. The minimum atomic E-state index is -0.272. The molecule has 0 saturated heterocycles. The maximum absolute atomic E-state index is 12.7. The van der Waals surface area contributed by atoms with Crippen molar-refractivity contribution in [1.29, 1.82) is 0 Å². The summed E-state index contributed by atoms with van der Waals surface area (Å²) in [5.74, 6) is 0.0501. The van der Waals surface area contributed by atoms with Crippen LogP contribution in [0.15, 0.2) is 73.2 Å². The van der Waals surface area contributed by atoms with E-state index in [4.69, 9.17) is 23.2 Å². The second-order valence-electron chi connectivity index (χ2n) is 6.51. The van der Waals surface area contributed by atoms with Crippen LogP contribution in [0.25, 0.3) is 0 Å². The predicted molar refractivity (Wildman–Crippen MR) is 114 cm³/mol. The van der Waals surface area contributed by atoms with Crippen molar-refractivity contribution in [1.82, 2.24) is 19.6 Å². The SMILES string of the molecule is O=C(Nc1nn(Cc2ccc(Cl)cc2)cc1Cl)c1cccc(Cn2cccn2)c1. The summed E-state index contributed by atoms with van der Waals surface area (Å²) in [5, 5.41) is 12.4. The summed E-state index contributed by atoms with van der Waals surface area (Å²) < 4.78 is 3.47. The van der Waals surface area contributed by atoms with Crippen molar-refractivity contribution in [3.8, 4) is 0 Å². The number of halogens is 2. The van der Waals surface area contributed by atoms with Gasteiger partial charge in [0.15, 0.2) is 5.82 Å². The van der Waals surface area contributed by atoms with Gasteiger partial charge in [0.1, 0.15) is 5.02 Å². The average Bonchev–Trinajstić information content (AvgIpc) is 3.34. The lowest BCUT2D eigenvalue weighted by atomic mass is 10.1. The van der Waals surface area contributed by atoms with E-state index >= 15 is 0 Å². The molecule has 0 spiro atoms. The third-order valence-electron chi connectivity index (χ3n) is 4.30. The molecule has 2 heterocycles. The summed E-state index contributed by atoms with van der Waals surface area (Å²) in [6, 6.07) is 16.7. The Kier molecular flexibility index (Phi) is 5.64. The van der Waals surface area contributed by atoms with E-state index < -0.39 is 0 Å². The van der Waals surface area contributed by atoms with Gasteiger partial charge in [-0.2, -0.15) is 10.2 Å². The fourth-order valence-electron chi connectivity index (χ4n) is 2.91. The summed E-state index contributed by atoms with van der Waals surface area (Å²) in [4.78, 5) is 12.7. The van der Waals surface area contributed by atoms with Crippen LogP contribution in [-0.2, 0) is 13.1 Å². The molecule has 146 valence electrons. The highest BCUT2D eigenvalue weighted by Gasteiger charge is 2.13. The molecule has 0 aliphatic heterocycles. The van der Waals surface area contributed by atoms with E-state index in [1.54, 1.807) is 27.8 Å². The van der Waals surface area contributed by atoms with Gasteiger partial charge in [-0.15, -0.1) is 0 Å². The lowest BCUT2D eigenvalue weighted by molar-refractivity contribution is 0.102. The van der Waals surface area contributed by atoms with Gasteiger partial charge in [0.05, 0.1) is 13.1 Å². The molecule has 0 bridgehead atoms. The van der Waals surface area contributed by atoms with Crippen molar-refractivity contribution in [2.45, 2.75) is 13.1 Å². The van der Waals surface area contributed by atoms with Crippen molar-refractivity contribution < 1.29 is 4.79 Å². The first-order valence-corrected chi connectivity index (χ1v) is 9.67. The first-order chi connectivity index (χ1) is 14.1. The Balaban J connectivity index is 1.45. The molecule has 1 amide bonds. The first-order valence-electron chi connectivity index (χ1n) is 8.92. The number of hydrogen-bond acceptors (Lipinski definition) is 3. The van der Waals surface area contributed by atoms with Gasteiger partial charge < -0.3 is 5.32 Å². The maximum Gasteiger partial charge on any atom is 0.256 e. The number of benzene rings is 2. The van der Waals surface area contributed by atoms with Crippen molar-refractivity contribution >= 4 is 34.9 Å². The predicted octanol–water partition coefficient (Wildman–Crippen LogP) is 4.74. The largest absolute Gasteiger partial charge is 0.304 e. The molecule has 0 fully saturated rings. The van der Waals surface area contributed by atoms with Gasteiger partial charge in [0.2, 0.25) is 0 Å². The summed E-state index contributed by atoms with van der Waals surface area (Å²) in [6.07, 6.45) is 5.28. The van der Waals surface area contributed by atoms with Crippen LogP contribution in [0, 0.1) is 0 Å². The highest BCUT2D eigenvalue weighted by molar-refractivity contribution is 6.33. The number of nitrogens with zero attached hydrogens (tertiary/aromatic N) is 4. The lowest BCUT2D eigenvalue weighted by Gasteiger charge is -2.06. The number of carbonyl (C=O) groups is 1. The molecule has 2 aromatic carbocycles. The van der Waals surface area contributed by atoms with E-state index in [0.717, 1.165) is 11.1 Å². The Hall–Kier alpha value is -3.09. The monoisotopic (exact) mass is 425 g/mol. The van der Waals surface area contributed by atoms with Crippen LogP contribution in [0.5, 0.6) is 0 Å². The fraction of sp³-hybridized carbons (Fsp3) is 0.0952. The molecule has 4 rings (SSSR count). The van der Waals surface area contributed by atoms with Crippen LogP contribution >= 0.6 is 23.2 Å². The van der Waals surface area contributed by atoms with Gasteiger partial charge in [0.25, 0.3) is 5.91 Å². The van der Waals surface area contributed by atoms with E-state index in [0.29, 0.717) is 34.5 Å². The minimum absolute atomic E-state index is 0.272. The zero-order valence-electron chi connectivity index (χ0n) is 15.3. The molecule has 0 atom stereocenters. The molecule has 4 aromatic rings. The third kappa shape index (κ3) is 4.85. The van der Waals surface area contributed by atoms with E-state index in [1.807, 2.05) is 54.7 Å². The van der Waals surface area contributed by atoms with Crippen molar-refractivity contribution in [3.05, 3.63) is 99.9 Å². The summed E-state index contributed by atoms with van der Waals surface area (Å²) in [7, 11) is 0. The molecule has 0 aliphatic carbocycles. The van der Waals surface area contributed by atoms with Crippen LogP contribution in [0.4, 0.5) is 5.82 Å². The maximum atomic E-state index is 12.7. The number of carbonyl (C=O) groups excluding carboxylic acids is 1. The van der Waals surface area contributed by atoms with Gasteiger partial charge in [-0.3, -0.25) is 14.2 Å². The highest BCUT2D eigenvalue weighted by atomic mass is 35.5. The van der Waals surface area contributed by atoms with Gasteiger partial charge in [-0.05, 0) is 41.5 Å². The number of nitrogens with one attached hydrogen (secondary N) is 1.